The van der Waals surface area contributed by atoms with Gasteiger partial charge in [0.25, 0.3) is 0 Å². The molecule has 1 fully saturated rings. The third kappa shape index (κ3) is 2.10. The van der Waals surface area contributed by atoms with Crippen molar-refractivity contribution in [3.05, 3.63) is 0 Å². The van der Waals surface area contributed by atoms with Crippen molar-refractivity contribution in [2.45, 2.75) is 24.3 Å². The van der Waals surface area contributed by atoms with E-state index >= 15 is 0 Å². The first-order valence-corrected chi connectivity index (χ1v) is 6.04. The van der Waals surface area contributed by atoms with Crippen LogP contribution in [0.1, 0.15) is 20.3 Å². The summed E-state index contributed by atoms with van der Waals surface area (Å²) in [4.78, 5) is 10.6. The molecule has 0 radical (unpaired) electrons. The Labute approximate surface area is 81.5 Å². The number of rotatable bonds is 3. The third-order valence-electron chi connectivity index (χ3n) is 2.05. The van der Waals surface area contributed by atoms with Gasteiger partial charge in [0.2, 0.25) is 0 Å². The first-order chi connectivity index (χ1) is 5.57. The van der Waals surface area contributed by atoms with Gasteiger partial charge in [-0.1, -0.05) is 13.8 Å². The molecule has 0 aromatic carbocycles. The van der Waals surface area contributed by atoms with Crippen LogP contribution in [0.4, 0.5) is 0 Å². The average molecular weight is 206 g/mol. The van der Waals surface area contributed by atoms with E-state index in [9.17, 15) is 4.79 Å². The molecule has 1 rings (SSSR count). The zero-order valence-electron chi connectivity index (χ0n) is 7.37. The summed E-state index contributed by atoms with van der Waals surface area (Å²) in [6, 6.07) is 0. The van der Waals surface area contributed by atoms with Crippen molar-refractivity contribution >= 4 is 29.5 Å². The summed E-state index contributed by atoms with van der Waals surface area (Å²) in [5, 5.41) is 8.76. The zero-order valence-corrected chi connectivity index (χ0v) is 9.00. The van der Waals surface area contributed by atoms with Gasteiger partial charge in [-0.2, -0.15) is 0 Å². The van der Waals surface area contributed by atoms with Gasteiger partial charge in [-0.15, -0.1) is 23.5 Å². The van der Waals surface area contributed by atoms with Crippen LogP contribution in [0, 0.1) is 5.92 Å². The molecule has 1 N–H and O–H groups in total. The fourth-order valence-corrected chi connectivity index (χ4v) is 4.63. The summed E-state index contributed by atoms with van der Waals surface area (Å²) in [5.74, 6) is 1.95. The molecule has 0 amide bonds. The average Bonchev–Trinajstić information content (AvgIpc) is 2.35. The van der Waals surface area contributed by atoms with E-state index in [1.165, 1.54) is 0 Å². The number of carboxylic acids is 1. The predicted octanol–water partition coefficient (Wildman–Crippen LogP) is 2.29. The highest BCUT2D eigenvalue weighted by Gasteiger charge is 2.40. The van der Waals surface area contributed by atoms with Crippen LogP contribution in [0.2, 0.25) is 0 Å². The molecular weight excluding hydrogens is 192 g/mol. The van der Waals surface area contributed by atoms with E-state index < -0.39 is 5.97 Å². The van der Waals surface area contributed by atoms with E-state index in [-0.39, 0.29) is 4.08 Å². The molecule has 0 spiro atoms. The standard InChI is InChI=1S/C8H14O2S2/c1-6(2)8(5-7(9)10)11-3-4-12-8/h6H,3-5H2,1-2H3,(H,9,10). The molecule has 4 heteroatoms. The van der Waals surface area contributed by atoms with Crippen LogP contribution in [0.5, 0.6) is 0 Å². The summed E-state index contributed by atoms with van der Waals surface area (Å²) in [5.41, 5.74) is 0. The van der Waals surface area contributed by atoms with Crippen molar-refractivity contribution in [1.29, 1.82) is 0 Å². The van der Waals surface area contributed by atoms with E-state index in [0.29, 0.717) is 12.3 Å². The van der Waals surface area contributed by atoms with Gasteiger partial charge < -0.3 is 5.11 Å². The van der Waals surface area contributed by atoms with Crippen molar-refractivity contribution < 1.29 is 9.90 Å². The van der Waals surface area contributed by atoms with E-state index in [2.05, 4.69) is 13.8 Å². The van der Waals surface area contributed by atoms with Gasteiger partial charge in [0.1, 0.15) is 0 Å². The van der Waals surface area contributed by atoms with Gasteiger partial charge >= 0.3 is 5.97 Å². The van der Waals surface area contributed by atoms with Crippen LogP contribution in [-0.2, 0) is 4.79 Å². The largest absolute Gasteiger partial charge is 0.481 e. The van der Waals surface area contributed by atoms with E-state index in [1.54, 1.807) is 0 Å². The van der Waals surface area contributed by atoms with Crippen molar-refractivity contribution in [2.75, 3.05) is 11.5 Å². The highest BCUT2D eigenvalue weighted by atomic mass is 32.2. The normalized spacial score (nSPS) is 21.6. The Kier molecular flexibility index (Phi) is 3.35. The lowest BCUT2D eigenvalue weighted by atomic mass is 10.1. The molecule has 0 saturated carbocycles. The molecule has 2 nitrogen and oxygen atoms in total. The van der Waals surface area contributed by atoms with Gasteiger partial charge in [0, 0.05) is 11.5 Å². The minimum atomic E-state index is -0.675. The monoisotopic (exact) mass is 206 g/mol. The summed E-state index contributed by atoms with van der Waals surface area (Å²) in [6.07, 6.45) is 0.292. The molecule has 1 aliphatic heterocycles. The second-order valence-corrected chi connectivity index (χ2v) is 6.34. The van der Waals surface area contributed by atoms with Crippen LogP contribution in [-0.4, -0.2) is 26.7 Å². The summed E-state index contributed by atoms with van der Waals surface area (Å²) in [6.45, 7) is 4.21. The zero-order chi connectivity index (χ0) is 9.19. The van der Waals surface area contributed by atoms with Crippen molar-refractivity contribution in [3.8, 4) is 0 Å². The van der Waals surface area contributed by atoms with E-state index in [4.69, 9.17) is 5.11 Å². The SMILES string of the molecule is CC(C)C1(CC(=O)O)SCCS1. The van der Waals surface area contributed by atoms with Gasteiger partial charge in [0.15, 0.2) is 0 Å². The van der Waals surface area contributed by atoms with Gasteiger partial charge in [-0.3, -0.25) is 4.79 Å². The second kappa shape index (κ2) is 3.92. The highest BCUT2D eigenvalue weighted by Crippen LogP contribution is 2.51. The van der Waals surface area contributed by atoms with Crippen molar-refractivity contribution in [2.24, 2.45) is 5.92 Å². The van der Waals surface area contributed by atoms with Crippen LogP contribution < -0.4 is 0 Å². The number of thioether (sulfide) groups is 2. The Morgan fingerprint density at radius 2 is 2.00 bits per heavy atom. The summed E-state index contributed by atoms with van der Waals surface area (Å²) in [7, 11) is 0. The molecule has 0 aliphatic carbocycles. The maximum atomic E-state index is 10.6. The lowest BCUT2D eigenvalue weighted by molar-refractivity contribution is -0.137. The second-order valence-electron chi connectivity index (χ2n) is 3.23. The quantitative estimate of drug-likeness (QED) is 0.769. The smallest absolute Gasteiger partial charge is 0.305 e. The fourth-order valence-electron chi connectivity index (χ4n) is 1.32. The number of hydrogen-bond acceptors (Lipinski definition) is 3. The first-order valence-electron chi connectivity index (χ1n) is 4.06. The summed E-state index contributed by atoms with van der Waals surface area (Å²) >= 11 is 3.62. The van der Waals surface area contributed by atoms with Crippen LogP contribution in [0.15, 0.2) is 0 Å². The molecular formula is C8H14O2S2. The van der Waals surface area contributed by atoms with Gasteiger partial charge in [-0.25, -0.2) is 0 Å². The van der Waals surface area contributed by atoms with Crippen LogP contribution >= 0.6 is 23.5 Å². The molecule has 70 valence electrons. The number of carbonyl (C=O) groups is 1. The molecule has 0 aromatic heterocycles. The Morgan fingerprint density at radius 1 is 1.50 bits per heavy atom. The van der Waals surface area contributed by atoms with E-state index in [1.807, 2.05) is 23.5 Å². The maximum absolute atomic E-state index is 10.6. The molecule has 1 saturated heterocycles. The highest BCUT2D eigenvalue weighted by molar-refractivity contribution is 8.21. The molecule has 0 bridgehead atoms. The summed E-state index contributed by atoms with van der Waals surface area (Å²) < 4.78 is -0.0498. The predicted molar refractivity (Wildman–Crippen MR) is 54.7 cm³/mol. The molecule has 1 aliphatic rings. The maximum Gasteiger partial charge on any atom is 0.305 e. The van der Waals surface area contributed by atoms with Crippen LogP contribution in [0.25, 0.3) is 0 Å². The molecule has 0 atom stereocenters. The Hall–Kier alpha value is 0.170. The molecule has 1 heterocycles. The lowest BCUT2D eigenvalue weighted by Crippen LogP contribution is -2.28. The Balaban J connectivity index is 2.65. The minimum absolute atomic E-state index is 0.0498. The number of hydrogen-bond donors (Lipinski definition) is 1. The fraction of sp³-hybridized carbons (Fsp3) is 0.875. The Bertz CT molecular complexity index is 174. The number of carboxylic acid groups (broad SMARTS) is 1. The topological polar surface area (TPSA) is 37.3 Å². The number of aliphatic carboxylic acids is 1. The van der Waals surface area contributed by atoms with Gasteiger partial charge in [0.05, 0.1) is 10.5 Å². The van der Waals surface area contributed by atoms with Crippen molar-refractivity contribution in [3.63, 3.8) is 0 Å². The van der Waals surface area contributed by atoms with E-state index in [0.717, 1.165) is 11.5 Å². The molecule has 12 heavy (non-hydrogen) atoms. The first kappa shape index (κ1) is 10.3. The lowest BCUT2D eigenvalue weighted by Gasteiger charge is -2.29. The van der Waals surface area contributed by atoms with Crippen LogP contribution in [0.3, 0.4) is 0 Å². The van der Waals surface area contributed by atoms with Crippen molar-refractivity contribution in [1.82, 2.24) is 0 Å². The van der Waals surface area contributed by atoms with Gasteiger partial charge in [-0.05, 0) is 5.92 Å². The Morgan fingerprint density at radius 3 is 2.33 bits per heavy atom. The minimum Gasteiger partial charge on any atom is -0.481 e. The molecule has 0 unspecified atom stereocenters. The third-order valence-corrected chi connectivity index (χ3v) is 6.04. The molecule has 0 aromatic rings.